The van der Waals surface area contributed by atoms with Crippen LogP contribution in [0.25, 0.3) is 0 Å². The standard InChI is InChI=1S/C17H24N2O6/c1-12(20)23-9-14-10-25-17(15(14)11-24-13(2)21)16(22)8-19-6-4-18(3)5-7-19/h10H,4-9,11H2,1-3H3. The van der Waals surface area contributed by atoms with Crippen LogP contribution in [0, 0.1) is 0 Å². The summed E-state index contributed by atoms with van der Waals surface area (Å²) in [6.45, 7) is 6.13. The van der Waals surface area contributed by atoms with E-state index in [9.17, 15) is 14.4 Å². The van der Waals surface area contributed by atoms with E-state index in [-0.39, 0.29) is 31.3 Å². The molecule has 0 spiro atoms. The fourth-order valence-corrected chi connectivity index (χ4v) is 2.57. The van der Waals surface area contributed by atoms with E-state index < -0.39 is 11.9 Å². The molecule has 8 nitrogen and oxygen atoms in total. The van der Waals surface area contributed by atoms with Crippen LogP contribution < -0.4 is 0 Å². The maximum absolute atomic E-state index is 12.6. The van der Waals surface area contributed by atoms with Gasteiger partial charge in [0.1, 0.15) is 13.2 Å². The van der Waals surface area contributed by atoms with Crippen molar-refractivity contribution >= 4 is 17.7 Å². The van der Waals surface area contributed by atoms with E-state index >= 15 is 0 Å². The molecule has 1 aromatic rings. The Morgan fingerprint density at radius 2 is 1.64 bits per heavy atom. The van der Waals surface area contributed by atoms with Gasteiger partial charge in [-0.05, 0) is 7.05 Å². The minimum atomic E-state index is -0.461. The second-order valence-electron chi connectivity index (χ2n) is 6.13. The lowest BCUT2D eigenvalue weighted by Crippen LogP contribution is -2.46. The summed E-state index contributed by atoms with van der Waals surface area (Å²) in [5, 5.41) is 0. The largest absolute Gasteiger partial charge is 0.461 e. The van der Waals surface area contributed by atoms with Crippen molar-refractivity contribution in [3.05, 3.63) is 23.2 Å². The van der Waals surface area contributed by atoms with Crippen LogP contribution in [-0.2, 0) is 32.3 Å². The molecule has 1 saturated heterocycles. The van der Waals surface area contributed by atoms with E-state index in [1.165, 1.54) is 20.1 Å². The quantitative estimate of drug-likeness (QED) is 0.527. The zero-order valence-electron chi connectivity index (χ0n) is 14.9. The van der Waals surface area contributed by atoms with Gasteiger partial charge in [-0.25, -0.2) is 0 Å². The molecule has 0 unspecified atom stereocenters. The smallest absolute Gasteiger partial charge is 0.302 e. The molecule has 8 heteroatoms. The predicted molar refractivity (Wildman–Crippen MR) is 87.9 cm³/mol. The van der Waals surface area contributed by atoms with Gasteiger partial charge in [0.15, 0.2) is 5.76 Å². The summed E-state index contributed by atoms with van der Waals surface area (Å²) in [6, 6.07) is 0. The molecule has 0 amide bonds. The van der Waals surface area contributed by atoms with E-state index in [2.05, 4.69) is 9.80 Å². The summed E-state index contributed by atoms with van der Waals surface area (Å²) in [5.41, 5.74) is 0.980. The second-order valence-corrected chi connectivity index (χ2v) is 6.13. The molecule has 138 valence electrons. The van der Waals surface area contributed by atoms with E-state index in [4.69, 9.17) is 13.9 Å². The number of carbonyl (C=O) groups is 3. The Bertz CT molecular complexity index is 631. The first-order valence-corrected chi connectivity index (χ1v) is 8.17. The van der Waals surface area contributed by atoms with Crippen molar-refractivity contribution in [1.29, 1.82) is 0 Å². The number of hydrogen-bond donors (Lipinski definition) is 0. The summed E-state index contributed by atoms with van der Waals surface area (Å²) in [5.74, 6) is -0.926. The van der Waals surface area contributed by atoms with Gasteiger partial charge in [0.05, 0.1) is 12.8 Å². The van der Waals surface area contributed by atoms with Crippen LogP contribution in [0.15, 0.2) is 10.7 Å². The average molecular weight is 352 g/mol. The molecule has 0 aromatic carbocycles. The minimum Gasteiger partial charge on any atom is -0.461 e. The normalized spacial score (nSPS) is 15.8. The zero-order valence-corrected chi connectivity index (χ0v) is 14.9. The van der Waals surface area contributed by atoms with E-state index in [0.717, 1.165) is 26.2 Å². The van der Waals surface area contributed by atoms with Crippen molar-refractivity contribution in [3.8, 4) is 0 Å². The second kappa shape index (κ2) is 8.77. The number of piperazine rings is 1. The van der Waals surface area contributed by atoms with Gasteiger partial charge in [0.2, 0.25) is 5.78 Å². The number of nitrogens with zero attached hydrogens (tertiary/aromatic N) is 2. The number of esters is 2. The van der Waals surface area contributed by atoms with Crippen molar-refractivity contribution in [2.24, 2.45) is 0 Å². The number of hydrogen-bond acceptors (Lipinski definition) is 8. The molecule has 1 aliphatic rings. The first-order valence-electron chi connectivity index (χ1n) is 8.17. The lowest BCUT2D eigenvalue weighted by molar-refractivity contribution is -0.143. The highest BCUT2D eigenvalue weighted by atomic mass is 16.5. The first-order chi connectivity index (χ1) is 11.9. The Labute approximate surface area is 146 Å². The maximum Gasteiger partial charge on any atom is 0.302 e. The molecule has 2 rings (SSSR count). The number of ketones is 1. The number of carbonyl (C=O) groups excluding carboxylic acids is 3. The SMILES string of the molecule is CC(=O)OCc1coc(C(=O)CN2CCN(C)CC2)c1COC(C)=O. The molecule has 1 aliphatic heterocycles. The minimum absolute atomic E-state index is 0.0305. The lowest BCUT2D eigenvalue weighted by atomic mass is 10.1. The van der Waals surface area contributed by atoms with Crippen molar-refractivity contribution in [2.45, 2.75) is 27.1 Å². The molecule has 0 atom stereocenters. The number of furan rings is 1. The fourth-order valence-electron chi connectivity index (χ4n) is 2.57. The summed E-state index contributed by atoms with van der Waals surface area (Å²) in [4.78, 5) is 39.0. The summed E-state index contributed by atoms with van der Waals surface area (Å²) < 4.78 is 15.4. The molecule has 1 aromatic heterocycles. The Balaban J connectivity index is 2.09. The predicted octanol–water partition coefficient (Wildman–Crippen LogP) is 0.836. The average Bonchev–Trinajstić information content (AvgIpc) is 2.96. The molecule has 2 heterocycles. The molecule has 0 radical (unpaired) electrons. The molecular formula is C17H24N2O6. The van der Waals surface area contributed by atoms with Gasteiger partial charge in [-0.1, -0.05) is 0 Å². The summed E-state index contributed by atoms with van der Waals surface area (Å²) >= 11 is 0. The number of ether oxygens (including phenoxy) is 2. The fraction of sp³-hybridized carbons (Fsp3) is 0.588. The van der Waals surface area contributed by atoms with Crippen molar-refractivity contribution in [2.75, 3.05) is 39.8 Å². The van der Waals surface area contributed by atoms with Crippen LogP contribution in [0.3, 0.4) is 0 Å². The van der Waals surface area contributed by atoms with Crippen LogP contribution in [0.2, 0.25) is 0 Å². The molecule has 25 heavy (non-hydrogen) atoms. The number of likely N-dealkylation sites (N-methyl/N-ethyl adjacent to an activating group) is 1. The van der Waals surface area contributed by atoms with Crippen LogP contribution >= 0.6 is 0 Å². The van der Waals surface area contributed by atoms with E-state index in [1.807, 2.05) is 7.05 Å². The summed E-state index contributed by atoms with van der Waals surface area (Å²) in [7, 11) is 2.05. The van der Waals surface area contributed by atoms with Crippen molar-refractivity contribution < 1.29 is 28.3 Å². The van der Waals surface area contributed by atoms with Crippen LogP contribution in [-0.4, -0.2) is 67.3 Å². The third-order valence-electron chi connectivity index (χ3n) is 4.05. The number of rotatable bonds is 7. The Morgan fingerprint density at radius 1 is 1.04 bits per heavy atom. The number of Topliss-reactive ketones (excluding diaryl/α,β-unsaturated/α-hetero) is 1. The third-order valence-corrected chi connectivity index (χ3v) is 4.05. The Kier molecular flexibility index (Phi) is 6.72. The maximum atomic E-state index is 12.6. The molecule has 0 aliphatic carbocycles. The summed E-state index contributed by atoms with van der Waals surface area (Å²) in [6.07, 6.45) is 1.37. The van der Waals surface area contributed by atoms with Gasteiger partial charge < -0.3 is 18.8 Å². The monoisotopic (exact) mass is 352 g/mol. The highest BCUT2D eigenvalue weighted by Crippen LogP contribution is 2.21. The topological polar surface area (TPSA) is 89.3 Å². The molecule has 0 saturated carbocycles. The van der Waals surface area contributed by atoms with E-state index in [1.54, 1.807) is 0 Å². The lowest BCUT2D eigenvalue weighted by Gasteiger charge is -2.31. The molecular weight excluding hydrogens is 328 g/mol. The molecule has 1 fully saturated rings. The van der Waals surface area contributed by atoms with Gasteiger partial charge >= 0.3 is 11.9 Å². The first kappa shape index (κ1) is 19.1. The Hall–Kier alpha value is -2.19. The van der Waals surface area contributed by atoms with Gasteiger partial charge in [-0.3, -0.25) is 19.3 Å². The third kappa shape index (κ3) is 5.68. The van der Waals surface area contributed by atoms with Gasteiger partial charge in [-0.2, -0.15) is 0 Å². The van der Waals surface area contributed by atoms with Gasteiger partial charge in [-0.15, -0.1) is 0 Å². The van der Waals surface area contributed by atoms with Crippen LogP contribution in [0.5, 0.6) is 0 Å². The van der Waals surface area contributed by atoms with Crippen LogP contribution in [0.1, 0.15) is 35.5 Å². The van der Waals surface area contributed by atoms with Gasteiger partial charge in [0.25, 0.3) is 0 Å². The molecule has 0 bridgehead atoms. The Morgan fingerprint density at radius 3 is 2.24 bits per heavy atom. The molecule has 0 N–H and O–H groups in total. The van der Waals surface area contributed by atoms with Crippen molar-refractivity contribution in [3.63, 3.8) is 0 Å². The van der Waals surface area contributed by atoms with Crippen LogP contribution in [0.4, 0.5) is 0 Å². The highest BCUT2D eigenvalue weighted by molar-refractivity contribution is 5.96. The van der Waals surface area contributed by atoms with E-state index in [0.29, 0.717) is 11.1 Å². The highest BCUT2D eigenvalue weighted by Gasteiger charge is 2.24. The zero-order chi connectivity index (χ0) is 18.4. The van der Waals surface area contributed by atoms with Gasteiger partial charge in [0, 0.05) is 51.2 Å². The van der Waals surface area contributed by atoms with Crippen molar-refractivity contribution in [1.82, 2.24) is 9.80 Å².